The lowest BCUT2D eigenvalue weighted by Crippen LogP contribution is -2.49. The van der Waals surface area contributed by atoms with Gasteiger partial charge in [-0.2, -0.15) is 0 Å². The minimum absolute atomic E-state index is 0.236. The maximum Gasteiger partial charge on any atom is 0.434 e. The molecule has 164 valence electrons. The first kappa shape index (κ1) is 24.5. The molecule has 1 aromatic heterocycles. The summed E-state index contributed by atoms with van der Waals surface area (Å²) in [6.45, 7) is 11.3. The van der Waals surface area contributed by atoms with Crippen molar-refractivity contribution in [3.8, 4) is 0 Å². The molecule has 0 aliphatic heterocycles. The Labute approximate surface area is 171 Å². The summed E-state index contributed by atoms with van der Waals surface area (Å²) in [5.41, 5.74) is 0.209. The van der Waals surface area contributed by atoms with Crippen molar-refractivity contribution in [2.45, 2.75) is 71.5 Å². The molecule has 11 heteroatoms. The predicted molar refractivity (Wildman–Crippen MR) is 111 cm³/mol. The van der Waals surface area contributed by atoms with Gasteiger partial charge in [0.05, 0.1) is 29.0 Å². The number of hydrogen-bond donors (Lipinski definition) is 4. The topological polar surface area (TPSA) is 150 Å². The van der Waals surface area contributed by atoms with Gasteiger partial charge in [-0.25, -0.2) is 4.57 Å². The molecular formula is C18H33N7O4. The zero-order valence-corrected chi connectivity index (χ0v) is 17.8. The lowest BCUT2D eigenvalue weighted by molar-refractivity contribution is -0.396. The van der Waals surface area contributed by atoms with Crippen molar-refractivity contribution < 1.29 is 15.3 Å². The fourth-order valence-electron chi connectivity index (χ4n) is 3.09. The average molecular weight is 412 g/mol. The largest absolute Gasteiger partial charge is 0.434 e. The van der Waals surface area contributed by atoms with Crippen molar-refractivity contribution in [1.82, 2.24) is 20.2 Å². The highest BCUT2D eigenvalue weighted by atomic mass is 16.6. The van der Waals surface area contributed by atoms with Crippen molar-refractivity contribution in [2.24, 2.45) is 10.3 Å². The van der Waals surface area contributed by atoms with Crippen LogP contribution < -0.4 is 10.6 Å². The predicted octanol–water partition coefficient (Wildman–Crippen LogP) is 2.38. The van der Waals surface area contributed by atoms with Gasteiger partial charge in [0.15, 0.2) is 0 Å². The molecule has 0 aliphatic rings. The Morgan fingerprint density at radius 2 is 1.72 bits per heavy atom. The molecule has 0 bridgehead atoms. The van der Waals surface area contributed by atoms with Crippen molar-refractivity contribution in [2.75, 3.05) is 13.1 Å². The Hall–Kier alpha value is -2.53. The molecule has 0 unspecified atom stereocenters. The summed E-state index contributed by atoms with van der Waals surface area (Å²) >= 11 is 0. The summed E-state index contributed by atoms with van der Waals surface area (Å²) < 4.78 is 1.42. The quantitative estimate of drug-likeness (QED) is 0.128. The maximum absolute atomic E-state index is 11.0. The van der Waals surface area contributed by atoms with Crippen LogP contribution in [0.5, 0.6) is 0 Å². The first-order chi connectivity index (χ1) is 13.6. The molecule has 0 spiro atoms. The number of oxime groups is 2. The van der Waals surface area contributed by atoms with E-state index in [1.54, 1.807) is 0 Å². The number of nitro groups is 1. The fraction of sp³-hybridized carbons (Fsp3) is 0.722. The highest BCUT2D eigenvalue weighted by molar-refractivity contribution is 5.92. The van der Waals surface area contributed by atoms with Gasteiger partial charge in [-0.05, 0) is 58.5 Å². The third kappa shape index (κ3) is 7.09. The van der Waals surface area contributed by atoms with Crippen LogP contribution in [-0.2, 0) is 6.54 Å². The van der Waals surface area contributed by atoms with Gasteiger partial charge in [0, 0.05) is 6.42 Å². The van der Waals surface area contributed by atoms with Gasteiger partial charge in [-0.15, -0.1) is 0 Å². The maximum atomic E-state index is 11.0. The van der Waals surface area contributed by atoms with E-state index >= 15 is 0 Å². The average Bonchev–Trinajstić information content (AvgIpc) is 3.11. The van der Waals surface area contributed by atoms with Crippen molar-refractivity contribution in [1.29, 1.82) is 0 Å². The Kier molecular flexibility index (Phi) is 9.18. The minimum Gasteiger partial charge on any atom is -0.411 e. The van der Waals surface area contributed by atoms with Crippen LogP contribution in [0.25, 0.3) is 0 Å². The van der Waals surface area contributed by atoms with Crippen LogP contribution in [0, 0.1) is 10.1 Å². The molecule has 1 heterocycles. The van der Waals surface area contributed by atoms with Crippen LogP contribution in [0.1, 0.15) is 53.9 Å². The van der Waals surface area contributed by atoms with E-state index in [1.165, 1.54) is 17.0 Å². The number of nitrogens with zero attached hydrogens (tertiary/aromatic N) is 5. The third-order valence-corrected chi connectivity index (χ3v) is 4.95. The second-order valence-corrected chi connectivity index (χ2v) is 7.83. The summed E-state index contributed by atoms with van der Waals surface area (Å²) in [6, 6.07) is 0. The van der Waals surface area contributed by atoms with Gasteiger partial charge < -0.3 is 31.2 Å². The lowest BCUT2D eigenvalue weighted by atomic mass is 9.95. The molecule has 29 heavy (non-hydrogen) atoms. The van der Waals surface area contributed by atoms with Gasteiger partial charge >= 0.3 is 5.95 Å². The monoisotopic (exact) mass is 411 g/mol. The van der Waals surface area contributed by atoms with E-state index in [9.17, 15) is 15.3 Å². The van der Waals surface area contributed by atoms with Crippen molar-refractivity contribution in [3.05, 3.63) is 22.5 Å². The Morgan fingerprint density at radius 1 is 1.17 bits per heavy atom. The van der Waals surface area contributed by atoms with Gasteiger partial charge in [-0.3, -0.25) is 0 Å². The highest BCUT2D eigenvalue weighted by Crippen LogP contribution is 2.14. The first-order valence-electron chi connectivity index (χ1n) is 9.67. The number of hydrogen-bond acceptors (Lipinski definition) is 9. The van der Waals surface area contributed by atoms with Gasteiger partial charge in [0.25, 0.3) is 0 Å². The molecule has 0 fully saturated rings. The Bertz CT molecular complexity index is 726. The van der Waals surface area contributed by atoms with E-state index < -0.39 is 16.0 Å². The summed E-state index contributed by atoms with van der Waals surface area (Å²) in [4.78, 5) is 14.1. The van der Waals surface area contributed by atoms with Crippen LogP contribution in [0.3, 0.4) is 0 Å². The van der Waals surface area contributed by atoms with Crippen molar-refractivity contribution >= 4 is 17.4 Å². The molecule has 0 aromatic carbocycles. The normalized spacial score (nSPS) is 13.7. The molecule has 0 saturated heterocycles. The zero-order chi connectivity index (χ0) is 22.1. The molecule has 0 saturated carbocycles. The first-order valence-corrected chi connectivity index (χ1v) is 9.67. The van der Waals surface area contributed by atoms with Gasteiger partial charge in [0.1, 0.15) is 12.4 Å². The fourth-order valence-corrected chi connectivity index (χ4v) is 3.09. The van der Waals surface area contributed by atoms with Crippen LogP contribution >= 0.6 is 0 Å². The van der Waals surface area contributed by atoms with E-state index in [0.29, 0.717) is 37.4 Å². The number of imidazole rings is 1. The number of rotatable bonds is 13. The number of aromatic nitrogens is 2. The van der Waals surface area contributed by atoms with E-state index in [4.69, 9.17) is 5.21 Å². The standard InChI is InChI=1S/C18H33N7O4/c1-6-14(22-26)17(2,3)20-9-7-10-21-18(4,5)15(23-27)8-12-24-13-11-19-16(24)25(28)29/h11,13,20-21,26-27H,6-10,12H2,1-5H3/b22-14+,23-15+. The van der Waals surface area contributed by atoms with E-state index in [1.807, 2.05) is 34.6 Å². The van der Waals surface area contributed by atoms with Crippen LogP contribution in [0.4, 0.5) is 5.95 Å². The van der Waals surface area contributed by atoms with Crippen molar-refractivity contribution in [3.63, 3.8) is 0 Å². The Balaban J connectivity index is 2.51. The highest BCUT2D eigenvalue weighted by Gasteiger charge is 2.27. The summed E-state index contributed by atoms with van der Waals surface area (Å²) in [7, 11) is 0. The third-order valence-electron chi connectivity index (χ3n) is 4.95. The second-order valence-electron chi connectivity index (χ2n) is 7.83. The van der Waals surface area contributed by atoms with Crippen LogP contribution in [0.2, 0.25) is 0 Å². The number of aryl methyl sites for hydroxylation is 1. The Morgan fingerprint density at radius 3 is 2.21 bits per heavy atom. The molecule has 0 amide bonds. The SMILES string of the molecule is CC/C(=N\O)C(C)(C)NCCCNC(C)(C)/C(CCn1ccnc1[N+](=O)[O-])=N/O. The smallest absolute Gasteiger partial charge is 0.411 e. The molecule has 11 nitrogen and oxygen atoms in total. The second kappa shape index (κ2) is 10.9. The molecule has 1 aromatic rings. The van der Waals surface area contributed by atoms with Gasteiger partial charge in [0.2, 0.25) is 0 Å². The summed E-state index contributed by atoms with van der Waals surface area (Å²) in [5, 5.41) is 42.9. The molecular weight excluding hydrogens is 378 g/mol. The summed E-state index contributed by atoms with van der Waals surface area (Å²) in [6.07, 6.45) is 4.71. The van der Waals surface area contributed by atoms with E-state index in [-0.39, 0.29) is 12.5 Å². The van der Waals surface area contributed by atoms with Crippen LogP contribution in [0.15, 0.2) is 22.7 Å². The van der Waals surface area contributed by atoms with E-state index in [0.717, 1.165) is 6.42 Å². The lowest BCUT2D eigenvalue weighted by Gasteiger charge is -2.29. The minimum atomic E-state index is -0.583. The summed E-state index contributed by atoms with van der Waals surface area (Å²) in [5.74, 6) is -0.236. The van der Waals surface area contributed by atoms with E-state index in [2.05, 4.69) is 25.9 Å². The molecule has 0 atom stereocenters. The van der Waals surface area contributed by atoms with Gasteiger partial charge in [-0.1, -0.05) is 22.2 Å². The van der Waals surface area contributed by atoms with Crippen LogP contribution in [-0.4, -0.2) is 60.5 Å². The molecule has 1 rings (SSSR count). The molecule has 4 N–H and O–H groups in total. The molecule has 0 aliphatic carbocycles. The molecule has 0 radical (unpaired) electrons. The number of nitrogens with one attached hydrogen (secondary N) is 2. The zero-order valence-electron chi connectivity index (χ0n) is 17.8.